The summed E-state index contributed by atoms with van der Waals surface area (Å²) in [5.74, 6) is 0.000278. The standard InChI is InChI=1S/C14H20Cl2N2OS/c1-2-3-7-18(9-10-5-4-6-17-10)14(19)11-8-12(15)20-13(11)16/h8,10,17H,2-7,9H2,1H3. The maximum atomic E-state index is 12.6. The smallest absolute Gasteiger partial charge is 0.256 e. The zero-order valence-corrected chi connectivity index (χ0v) is 14.0. The molecule has 0 spiro atoms. The quantitative estimate of drug-likeness (QED) is 0.851. The molecule has 3 nitrogen and oxygen atoms in total. The van der Waals surface area contributed by atoms with Gasteiger partial charge < -0.3 is 10.2 Å². The number of carbonyl (C=O) groups excluding carboxylic acids is 1. The first-order valence-electron chi connectivity index (χ1n) is 7.09. The summed E-state index contributed by atoms with van der Waals surface area (Å²) in [4.78, 5) is 14.5. The van der Waals surface area contributed by atoms with E-state index in [-0.39, 0.29) is 5.91 Å². The number of amides is 1. The number of halogens is 2. The maximum Gasteiger partial charge on any atom is 0.256 e. The van der Waals surface area contributed by atoms with Crippen LogP contribution in [0.25, 0.3) is 0 Å². The van der Waals surface area contributed by atoms with Crippen molar-refractivity contribution < 1.29 is 4.79 Å². The number of hydrogen-bond acceptors (Lipinski definition) is 3. The summed E-state index contributed by atoms with van der Waals surface area (Å²) in [6.45, 7) is 4.70. The maximum absolute atomic E-state index is 12.6. The van der Waals surface area contributed by atoms with Gasteiger partial charge in [-0.3, -0.25) is 4.79 Å². The molecular formula is C14H20Cl2N2OS. The highest BCUT2D eigenvalue weighted by Gasteiger charge is 2.24. The van der Waals surface area contributed by atoms with E-state index < -0.39 is 0 Å². The summed E-state index contributed by atoms with van der Waals surface area (Å²) in [5, 5.41) is 3.44. The van der Waals surface area contributed by atoms with Crippen LogP contribution in [0.3, 0.4) is 0 Å². The summed E-state index contributed by atoms with van der Waals surface area (Å²) >= 11 is 13.3. The number of carbonyl (C=O) groups is 1. The highest BCUT2D eigenvalue weighted by Crippen LogP contribution is 2.32. The van der Waals surface area contributed by atoms with Crippen molar-refractivity contribution in [3.63, 3.8) is 0 Å². The predicted molar refractivity (Wildman–Crippen MR) is 86.2 cm³/mol. The third-order valence-electron chi connectivity index (χ3n) is 3.56. The van der Waals surface area contributed by atoms with Gasteiger partial charge in [0.25, 0.3) is 5.91 Å². The van der Waals surface area contributed by atoms with E-state index in [0.717, 1.165) is 38.9 Å². The van der Waals surface area contributed by atoms with Gasteiger partial charge in [-0.2, -0.15) is 0 Å². The largest absolute Gasteiger partial charge is 0.337 e. The minimum Gasteiger partial charge on any atom is -0.337 e. The van der Waals surface area contributed by atoms with Crippen LogP contribution in [0, 0.1) is 0 Å². The number of thiophene rings is 1. The lowest BCUT2D eigenvalue weighted by atomic mass is 10.2. The van der Waals surface area contributed by atoms with Crippen LogP contribution < -0.4 is 5.32 Å². The summed E-state index contributed by atoms with van der Waals surface area (Å²) in [6.07, 6.45) is 4.40. The van der Waals surface area contributed by atoms with Crippen molar-refractivity contribution >= 4 is 40.4 Å². The molecule has 112 valence electrons. The Kier molecular flexibility index (Phi) is 6.15. The molecule has 1 unspecified atom stereocenters. The predicted octanol–water partition coefficient (Wildman–Crippen LogP) is 4.05. The second kappa shape index (κ2) is 7.64. The zero-order chi connectivity index (χ0) is 14.5. The minimum atomic E-state index is 0.000278. The first kappa shape index (κ1) is 16.1. The molecule has 6 heteroatoms. The molecule has 1 aliphatic rings. The van der Waals surface area contributed by atoms with Gasteiger partial charge in [-0.25, -0.2) is 0 Å². The van der Waals surface area contributed by atoms with Crippen LogP contribution in [0.1, 0.15) is 43.0 Å². The summed E-state index contributed by atoms with van der Waals surface area (Å²) in [5.41, 5.74) is 0.538. The van der Waals surface area contributed by atoms with E-state index in [9.17, 15) is 4.79 Å². The Morgan fingerprint density at radius 2 is 2.35 bits per heavy atom. The molecular weight excluding hydrogens is 315 g/mol. The van der Waals surface area contributed by atoms with Crippen LogP contribution in [0.15, 0.2) is 6.07 Å². The summed E-state index contributed by atoms with van der Waals surface area (Å²) in [7, 11) is 0. The molecule has 1 N–H and O–H groups in total. The molecule has 0 saturated carbocycles. The van der Waals surface area contributed by atoms with Crippen LogP contribution in [0.2, 0.25) is 8.67 Å². The molecule has 1 aliphatic heterocycles. The van der Waals surface area contributed by atoms with E-state index >= 15 is 0 Å². The van der Waals surface area contributed by atoms with E-state index in [1.165, 1.54) is 17.8 Å². The number of rotatable bonds is 6. The first-order valence-corrected chi connectivity index (χ1v) is 8.66. The van der Waals surface area contributed by atoms with Crippen LogP contribution in [0.4, 0.5) is 0 Å². The third-order valence-corrected chi connectivity index (χ3v) is 5.05. The van der Waals surface area contributed by atoms with Crippen molar-refractivity contribution in [3.05, 3.63) is 20.3 Å². The monoisotopic (exact) mass is 334 g/mol. The van der Waals surface area contributed by atoms with Gasteiger partial charge in [-0.05, 0) is 31.9 Å². The van der Waals surface area contributed by atoms with Crippen molar-refractivity contribution in [2.75, 3.05) is 19.6 Å². The first-order chi connectivity index (χ1) is 9.61. The van der Waals surface area contributed by atoms with E-state index in [0.29, 0.717) is 20.3 Å². The molecule has 2 heterocycles. The minimum absolute atomic E-state index is 0.000278. The SMILES string of the molecule is CCCCN(CC1CCCN1)C(=O)c1cc(Cl)sc1Cl. The van der Waals surface area contributed by atoms with E-state index in [1.807, 2.05) is 4.90 Å². The van der Waals surface area contributed by atoms with Gasteiger partial charge in [0.2, 0.25) is 0 Å². The number of nitrogens with one attached hydrogen (secondary N) is 1. The Morgan fingerprint density at radius 3 is 2.90 bits per heavy atom. The van der Waals surface area contributed by atoms with Crippen molar-refractivity contribution in [2.24, 2.45) is 0 Å². The van der Waals surface area contributed by atoms with Crippen molar-refractivity contribution in [1.29, 1.82) is 0 Å². The zero-order valence-electron chi connectivity index (χ0n) is 11.6. The highest BCUT2D eigenvalue weighted by molar-refractivity contribution is 7.20. The van der Waals surface area contributed by atoms with Gasteiger partial charge in [-0.15, -0.1) is 11.3 Å². The molecule has 1 atom stereocenters. The summed E-state index contributed by atoms with van der Waals surface area (Å²) in [6, 6.07) is 2.08. The van der Waals surface area contributed by atoms with E-state index in [1.54, 1.807) is 6.07 Å². The lowest BCUT2D eigenvalue weighted by Gasteiger charge is -2.25. The van der Waals surface area contributed by atoms with Gasteiger partial charge in [-0.1, -0.05) is 36.5 Å². The van der Waals surface area contributed by atoms with E-state index in [4.69, 9.17) is 23.2 Å². The highest BCUT2D eigenvalue weighted by atomic mass is 35.5. The molecule has 1 amide bonds. The van der Waals surface area contributed by atoms with Crippen LogP contribution in [-0.2, 0) is 0 Å². The normalized spacial score (nSPS) is 18.4. The van der Waals surface area contributed by atoms with Crippen molar-refractivity contribution in [2.45, 2.75) is 38.6 Å². The fourth-order valence-corrected chi connectivity index (χ4v) is 3.91. The molecule has 1 fully saturated rings. The lowest BCUT2D eigenvalue weighted by Crippen LogP contribution is -2.41. The lowest BCUT2D eigenvalue weighted by molar-refractivity contribution is 0.0740. The van der Waals surface area contributed by atoms with Gasteiger partial charge in [0, 0.05) is 19.1 Å². The molecule has 0 aliphatic carbocycles. The molecule has 1 aromatic rings. The van der Waals surface area contributed by atoms with Crippen molar-refractivity contribution in [1.82, 2.24) is 10.2 Å². The molecule has 0 radical (unpaired) electrons. The molecule has 2 rings (SSSR count). The number of unbranched alkanes of at least 4 members (excludes halogenated alkanes) is 1. The molecule has 0 aromatic carbocycles. The van der Waals surface area contributed by atoms with Gasteiger partial charge in [0.05, 0.1) is 9.90 Å². The second-order valence-corrected chi connectivity index (χ2v) is 7.42. The van der Waals surface area contributed by atoms with E-state index in [2.05, 4.69) is 12.2 Å². The van der Waals surface area contributed by atoms with Gasteiger partial charge in [0.1, 0.15) is 4.34 Å². The molecule has 1 saturated heterocycles. The third kappa shape index (κ3) is 4.10. The number of nitrogens with zero attached hydrogens (tertiary/aromatic N) is 1. The van der Waals surface area contributed by atoms with Crippen LogP contribution >= 0.6 is 34.5 Å². The molecule has 1 aromatic heterocycles. The Labute approximate surface area is 134 Å². The average Bonchev–Trinajstić information content (AvgIpc) is 3.03. The Bertz CT molecular complexity index is 458. The summed E-state index contributed by atoms with van der Waals surface area (Å²) < 4.78 is 1.05. The van der Waals surface area contributed by atoms with Gasteiger partial charge in [0.15, 0.2) is 0 Å². The van der Waals surface area contributed by atoms with Crippen LogP contribution in [0.5, 0.6) is 0 Å². The fraction of sp³-hybridized carbons (Fsp3) is 0.643. The van der Waals surface area contributed by atoms with Gasteiger partial charge >= 0.3 is 0 Å². The topological polar surface area (TPSA) is 32.3 Å². The average molecular weight is 335 g/mol. The van der Waals surface area contributed by atoms with Crippen molar-refractivity contribution in [3.8, 4) is 0 Å². The Balaban J connectivity index is 2.07. The second-order valence-electron chi connectivity index (χ2n) is 5.14. The molecule has 0 bridgehead atoms. The fourth-order valence-electron chi connectivity index (χ4n) is 2.46. The number of hydrogen-bond donors (Lipinski definition) is 1. The Morgan fingerprint density at radius 1 is 1.55 bits per heavy atom. The molecule has 20 heavy (non-hydrogen) atoms. The van der Waals surface area contributed by atoms with Crippen LogP contribution in [-0.4, -0.2) is 36.5 Å². The Hall–Kier alpha value is -0.290.